The van der Waals surface area contributed by atoms with Crippen LogP contribution in [0.15, 0.2) is 42.6 Å². The molecular formula is C16H16N4S. The van der Waals surface area contributed by atoms with Crippen LogP contribution in [0.1, 0.15) is 10.4 Å². The van der Waals surface area contributed by atoms with Gasteiger partial charge in [0, 0.05) is 22.3 Å². The van der Waals surface area contributed by atoms with E-state index in [0.717, 1.165) is 33.5 Å². The Hall–Kier alpha value is -2.40. The molecule has 4 nitrogen and oxygen atoms in total. The van der Waals surface area contributed by atoms with Crippen molar-refractivity contribution in [1.29, 1.82) is 0 Å². The summed E-state index contributed by atoms with van der Waals surface area (Å²) < 4.78 is 0. The van der Waals surface area contributed by atoms with Crippen molar-refractivity contribution in [3.63, 3.8) is 0 Å². The number of thiazole rings is 1. The molecule has 0 radical (unpaired) electrons. The fraction of sp³-hybridized carbons (Fsp3) is 0.125. The Balaban J connectivity index is 1.96. The molecule has 3 aromatic rings. The number of benzene rings is 1. The van der Waals surface area contributed by atoms with Gasteiger partial charge in [0.2, 0.25) is 0 Å². The molecule has 2 aromatic heterocycles. The van der Waals surface area contributed by atoms with Crippen LogP contribution in [0.5, 0.6) is 0 Å². The Morgan fingerprint density at radius 2 is 2.00 bits per heavy atom. The number of anilines is 3. The van der Waals surface area contributed by atoms with E-state index < -0.39 is 0 Å². The highest BCUT2D eigenvalue weighted by Crippen LogP contribution is 2.25. The predicted molar refractivity (Wildman–Crippen MR) is 89.0 cm³/mol. The van der Waals surface area contributed by atoms with Gasteiger partial charge in [-0.2, -0.15) is 0 Å². The van der Waals surface area contributed by atoms with Gasteiger partial charge in [0.05, 0.1) is 5.69 Å². The fourth-order valence-electron chi connectivity index (χ4n) is 2.10. The summed E-state index contributed by atoms with van der Waals surface area (Å²) in [7, 11) is 0. The standard InChI is InChI=1S/C16H16N4S/c1-10-6-14(12-4-3-5-13(17)8-12)19-15(7-10)20-16-18-9-11(2)21-16/h3-9H,17H2,1-2H3,(H,18,19,20). The summed E-state index contributed by atoms with van der Waals surface area (Å²) in [6.07, 6.45) is 1.85. The van der Waals surface area contributed by atoms with E-state index in [2.05, 4.69) is 22.2 Å². The van der Waals surface area contributed by atoms with Crippen molar-refractivity contribution in [3.05, 3.63) is 53.0 Å². The number of nitrogen functional groups attached to an aromatic ring is 1. The van der Waals surface area contributed by atoms with E-state index in [1.807, 2.05) is 49.5 Å². The molecule has 0 saturated carbocycles. The number of aromatic nitrogens is 2. The number of aryl methyl sites for hydroxylation is 2. The van der Waals surface area contributed by atoms with Crippen LogP contribution in [-0.2, 0) is 0 Å². The zero-order valence-corrected chi connectivity index (χ0v) is 12.7. The molecule has 0 aliphatic rings. The van der Waals surface area contributed by atoms with Crippen molar-refractivity contribution < 1.29 is 0 Å². The summed E-state index contributed by atoms with van der Waals surface area (Å²) in [6, 6.07) is 11.8. The number of nitrogens with one attached hydrogen (secondary N) is 1. The highest BCUT2D eigenvalue weighted by Gasteiger charge is 2.06. The van der Waals surface area contributed by atoms with Crippen molar-refractivity contribution in [2.75, 3.05) is 11.1 Å². The smallest absolute Gasteiger partial charge is 0.188 e. The first-order chi connectivity index (χ1) is 10.1. The molecule has 0 aliphatic carbocycles. The average Bonchev–Trinajstić information content (AvgIpc) is 2.83. The second-order valence-corrected chi connectivity index (χ2v) is 6.18. The first-order valence-corrected chi connectivity index (χ1v) is 7.46. The zero-order chi connectivity index (χ0) is 14.8. The molecule has 3 N–H and O–H groups in total. The summed E-state index contributed by atoms with van der Waals surface area (Å²) in [5.41, 5.74) is 9.63. The molecule has 3 rings (SSSR count). The maximum Gasteiger partial charge on any atom is 0.188 e. The van der Waals surface area contributed by atoms with Crippen molar-refractivity contribution in [2.24, 2.45) is 0 Å². The molecule has 0 bridgehead atoms. The van der Waals surface area contributed by atoms with E-state index in [0.29, 0.717) is 0 Å². The molecule has 106 valence electrons. The van der Waals surface area contributed by atoms with Gasteiger partial charge in [-0.05, 0) is 43.7 Å². The quantitative estimate of drug-likeness (QED) is 0.713. The second kappa shape index (κ2) is 5.54. The minimum absolute atomic E-state index is 0.737. The Morgan fingerprint density at radius 1 is 1.14 bits per heavy atom. The molecule has 0 unspecified atom stereocenters. The minimum atomic E-state index is 0.737. The van der Waals surface area contributed by atoms with Crippen LogP contribution in [0, 0.1) is 13.8 Å². The number of nitrogens with zero attached hydrogens (tertiary/aromatic N) is 2. The van der Waals surface area contributed by atoms with E-state index in [9.17, 15) is 0 Å². The van der Waals surface area contributed by atoms with Crippen molar-refractivity contribution in [3.8, 4) is 11.3 Å². The normalized spacial score (nSPS) is 10.6. The van der Waals surface area contributed by atoms with E-state index in [1.165, 1.54) is 4.88 Å². The van der Waals surface area contributed by atoms with Crippen LogP contribution in [-0.4, -0.2) is 9.97 Å². The summed E-state index contributed by atoms with van der Waals surface area (Å²) >= 11 is 1.61. The van der Waals surface area contributed by atoms with Crippen LogP contribution >= 0.6 is 11.3 Å². The summed E-state index contributed by atoms with van der Waals surface area (Å²) in [6.45, 7) is 4.08. The molecule has 0 atom stereocenters. The molecule has 0 amide bonds. The zero-order valence-electron chi connectivity index (χ0n) is 11.9. The topological polar surface area (TPSA) is 63.8 Å². The average molecular weight is 296 g/mol. The molecule has 0 fully saturated rings. The lowest BCUT2D eigenvalue weighted by atomic mass is 10.1. The number of pyridine rings is 1. The third-order valence-corrected chi connectivity index (χ3v) is 3.84. The van der Waals surface area contributed by atoms with Gasteiger partial charge in [-0.15, -0.1) is 11.3 Å². The summed E-state index contributed by atoms with van der Waals surface area (Å²) in [4.78, 5) is 10.1. The highest BCUT2D eigenvalue weighted by atomic mass is 32.1. The van der Waals surface area contributed by atoms with Crippen molar-refractivity contribution in [2.45, 2.75) is 13.8 Å². The molecule has 0 spiro atoms. The second-order valence-electron chi connectivity index (χ2n) is 4.94. The predicted octanol–water partition coefficient (Wildman–Crippen LogP) is 4.15. The van der Waals surface area contributed by atoms with Gasteiger partial charge in [-0.25, -0.2) is 9.97 Å². The third kappa shape index (κ3) is 3.20. The van der Waals surface area contributed by atoms with E-state index in [-0.39, 0.29) is 0 Å². The van der Waals surface area contributed by atoms with Gasteiger partial charge < -0.3 is 11.1 Å². The molecule has 0 saturated heterocycles. The van der Waals surface area contributed by atoms with E-state index in [1.54, 1.807) is 11.3 Å². The van der Waals surface area contributed by atoms with Crippen LogP contribution in [0.2, 0.25) is 0 Å². The van der Waals surface area contributed by atoms with Gasteiger partial charge in [0.15, 0.2) is 5.13 Å². The molecule has 2 heterocycles. The third-order valence-electron chi connectivity index (χ3n) is 3.01. The largest absolute Gasteiger partial charge is 0.399 e. The molecule has 0 aliphatic heterocycles. The Kier molecular flexibility index (Phi) is 3.58. The first kappa shape index (κ1) is 13.6. The SMILES string of the molecule is Cc1cc(Nc2ncc(C)s2)nc(-c2cccc(N)c2)c1. The van der Waals surface area contributed by atoms with Crippen molar-refractivity contribution >= 4 is 28.0 Å². The Labute approximate surface area is 127 Å². The number of hydrogen-bond acceptors (Lipinski definition) is 5. The minimum Gasteiger partial charge on any atom is -0.399 e. The van der Waals surface area contributed by atoms with Gasteiger partial charge in [0.25, 0.3) is 0 Å². The van der Waals surface area contributed by atoms with E-state index >= 15 is 0 Å². The number of hydrogen-bond donors (Lipinski definition) is 2. The highest BCUT2D eigenvalue weighted by molar-refractivity contribution is 7.15. The first-order valence-electron chi connectivity index (χ1n) is 6.64. The van der Waals surface area contributed by atoms with Gasteiger partial charge in [-0.1, -0.05) is 12.1 Å². The van der Waals surface area contributed by atoms with Gasteiger partial charge >= 0.3 is 0 Å². The molecule has 1 aromatic carbocycles. The maximum atomic E-state index is 5.85. The van der Waals surface area contributed by atoms with Gasteiger partial charge in [-0.3, -0.25) is 0 Å². The van der Waals surface area contributed by atoms with Crippen LogP contribution in [0.4, 0.5) is 16.6 Å². The molecule has 21 heavy (non-hydrogen) atoms. The van der Waals surface area contributed by atoms with Crippen molar-refractivity contribution in [1.82, 2.24) is 9.97 Å². The van der Waals surface area contributed by atoms with E-state index in [4.69, 9.17) is 5.73 Å². The number of nitrogens with two attached hydrogens (primary N) is 1. The monoisotopic (exact) mass is 296 g/mol. The van der Waals surface area contributed by atoms with Gasteiger partial charge in [0.1, 0.15) is 5.82 Å². The molecule has 5 heteroatoms. The lowest BCUT2D eigenvalue weighted by Crippen LogP contribution is -1.96. The molecular weight excluding hydrogens is 280 g/mol. The van der Waals surface area contributed by atoms with Crippen LogP contribution < -0.4 is 11.1 Å². The lowest BCUT2D eigenvalue weighted by Gasteiger charge is -2.08. The maximum absolute atomic E-state index is 5.85. The Morgan fingerprint density at radius 3 is 2.71 bits per heavy atom. The Bertz CT molecular complexity index is 779. The fourth-order valence-corrected chi connectivity index (χ4v) is 2.77. The summed E-state index contributed by atoms with van der Waals surface area (Å²) in [5.74, 6) is 0.793. The number of rotatable bonds is 3. The van der Waals surface area contributed by atoms with Crippen LogP contribution in [0.25, 0.3) is 11.3 Å². The lowest BCUT2D eigenvalue weighted by molar-refractivity contribution is 1.26. The van der Waals surface area contributed by atoms with Crippen LogP contribution in [0.3, 0.4) is 0 Å². The summed E-state index contributed by atoms with van der Waals surface area (Å²) in [5, 5.41) is 4.11.